The fraction of sp³-hybridized carbons (Fsp3) is 0.176. The molecule has 0 aliphatic heterocycles. The molecule has 3 rings (SSSR count). The van der Waals surface area contributed by atoms with Crippen LogP contribution in [0.2, 0.25) is 0 Å². The summed E-state index contributed by atoms with van der Waals surface area (Å²) >= 11 is 1.32. The lowest BCUT2D eigenvalue weighted by Crippen LogP contribution is -2.23. The number of hydrogen-bond donors (Lipinski definition) is 1. The van der Waals surface area contributed by atoms with E-state index in [2.05, 4.69) is 15.4 Å². The number of benzene rings is 1. The summed E-state index contributed by atoms with van der Waals surface area (Å²) in [4.78, 5) is 29.8. The van der Waals surface area contributed by atoms with Crippen LogP contribution in [0.4, 0.5) is 5.13 Å². The molecule has 2 aromatic heterocycles. The number of carbonyl (C=O) groups excluding carboxylic acids is 2. The molecular weight excluding hydrogens is 324 g/mol. The average molecular weight is 340 g/mol. The number of anilines is 1. The Bertz CT molecular complexity index is 912. The highest BCUT2D eigenvalue weighted by Gasteiger charge is 2.25. The fourth-order valence-electron chi connectivity index (χ4n) is 2.47. The molecule has 122 valence electrons. The van der Waals surface area contributed by atoms with Crippen molar-refractivity contribution in [2.24, 2.45) is 0 Å². The molecule has 0 fully saturated rings. The van der Waals surface area contributed by atoms with Gasteiger partial charge in [0.2, 0.25) is 0 Å². The number of Topliss-reactive ketones (excluding diaryl/α,β-unsaturated/α-hetero) is 1. The van der Waals surface area contributed by atoms with Crippen LogP contribution in [0.15, 0.2) is 36.5 Å². The van der Waals surface area contributed by atoms with E-state index in [4.69, 9.17) is 0 Å². The second-order valence-corrected chi connectivity index (χ2v) is 6.59. The van der Waals surface area contributed by atoms with Crippen molar-refractivity contribution < 1.29 is 9.59 Å². The van der Waals surface area contributed by atoms with Gasteiger partial charge in [0.05, 0.1) is 22.6 Å². The van der Waals surface area contributed by atoms with Crippen LogP contribution < -0.4 is 5.32 Å². The molecule has 1 amide bonds. The minimum atomic E-state index is -0.705. The van der Waals surface area contributed by atoms with Gasteiger partial charge in [-0.2, -0.15) is 5.10 Å². The van der Waals surface area contributed by atoms with Gasteiger partial charge in [-0.05, 0) is 32.9 Å². The normalized spacial score (nSPS) is 10.6. The van der Waals surface area contributed by atoms with E-state index in [-0.39, 0.29) is 0 Å². The molecule has 0 bridgehead atoms. The number of thiazole rings is 1. The van der Waals surface area contributed by atoms with Crippen LogP contribution in [0.5, 0.6) is 0 Å². The van der Waals surface area contributed by atoms with Crippen LogP contribution in [0, 0.1) is 20.8 Å². The Kier molecular flexibility index (Phi) is 4.26. The Morgan fingerprint density at radius 2 is 1.83 bits per heavy atom. The van der Waals surface area contributed by atoms with Gasteiger partial charge in [0, 0.05) is 11.1 Å². The highest BCUT2D eigenvalue weighted by atomic mass is 32.1. The zero-order chi connectivity index (χ0) is 17.3. The van der Waals surface area contributed by atoms with Crippen molar-refractivity contribution in [3.05, 3.63) is 58.4 Å². The van der Waals surface area contributed by atoms with E-state index in [0.29, 0.717) is 22.1 Å². The molecule has 6 nitrogen and oxygen atoms in total. The van der Waals surface area contributed by atoms with Crippen LogP contribution >= 0.6 is 11.3 Å². The maximum Gasteiger partial charge on any atom is 0.298 e. The summed E-state index contributed by atoms with van der Waals surface area (Å²) in [6.45, 7) is 5.38. The predicted molar refractivity (Wildman–Crippen MR) is 92.8 cm³/mol. The van der Waals surface area contributed by atoms with E-state index in [1.807, 2.05) is 37.3 Å². The van der Waals surface area contributed by atoms with E-state index >= 15 is 0 Å². The highest BCUT2D eigenvalue weighted by molar-refractivity contribution is 7.15. The average Bonchev–Trinajstić information content (AvgIpc) is 3.10. The number of nitrogens with zero attached hydrogens (tertiary/aromatic N) is 3. The van der Waals surface area contributed by atoms with E-state index in [1.165, 1.54) is 11.3 Å². The number of aromatic nitrogens is 3. The molecule has 0 spiro atoms. The first kappa shape index (κ1) is 16.1. The van der Waals surface area contributed by atoms with E-state index in [1.54, 1.807) is 24.7 Å². The summed E-state index contributed by atoms with van der Waals surface area (Å²) in [7, 11) is 0. The third kappa shape index (κ3) is 2.98. The van der Waals surface area contributed by atoms with Gasteiger partial charge in [-0.1, -0.05) is 18.2 Å². The molecule has 1 aromatic carbocycles. The topological polar surface area (TPSA) is 76.9 Å². The van der Waals surface area contributed by atoms with Crippen molar-refractivity contribution in [3.8, 4) is 5.69 Å². The SMILES string of the molecule is Cc1cnc(NC(=O)C(=O)c2c(C)nn(-c3ccccc3)c2C)s1. The third-order valence-electron chi connectivity index (χ3n) is 3.57. The third-order valence-corrected chi connectivity index (χ3v) is 4.40. The molecule has 0 radical (unpaired) electrons. The van der Waals surface area contributed by atoms with Gasteiger partial charge >= 0.3 is 0 Å². The van der Waals surface area contributed by atoms with Gasteiger partial charge in [-0.3, -0.25) is 14.9 Å². The van der Waals surface area contributed by atoms with E-state index < -0.39 is 11.7 Å². The number of nitrogens with one attached hydrogen (secondary N) is 1. The van der Waals surface area contributed by atoms with Gasteiger partial charge in [0.25, 0.3) is 11.7 Å². The maximum absolute atomic E-state index is 12.6. The Hall–Kier alpha value is -2.80. The number of hydrogen-bond acceptors (Lipinski definition) is 5. The summed E-state index contributed by atoms with van der Waals surface area (Å²) in [6, 6.07) is 9.48. The van der Waals surface area contributed by atoms with E-state index in [9.17, 15) is 9.59 Å². The molecule has 24 heavy (non-hydrogen) atoms. The minimum absolute atomic E-state index is 0.324. The number of aryl methyl sites for hydroxylation is 2. The smallest absolute Gasteiger partial charge is 0.295 e. The molecular formula is C17H16N4O2S. The first-order valence-electron chi connectivity index (χ1n) is 7.37. The van der Waals surface area contributed by atoms with Gasteiger partial charge < -0.3 is 0 Å². The summed E-state index contributed by atoms with van der Waals surface area (Å²) < 4.78 is 1.67. The Morgan fingerprint density at radius 1 is 1.12 bits per heavy atom. The quantitative estimate of drug-likeness (QED) is 0.585. The molecule has 0 aliphatic rings. The van der Waals surface area contributed by atoms with Crippen LogP contribution in [-0.2, 0) is 4.79 Å². The van der Waals surface area contributed by atoms with E-state index in [0.717, 1.165) is 10.6 Å². The molecule has 0 atom stereocenters. The lowest BCUT2D eigenvalue weighted by molar-refractivity contribution is -0.112. The van der Waals surface area contributed by atoms with Crippen molar-refractivity contribution in [3.63, 3.8) is 0 Å². The zero-order valence-electron chi connectivity index (χ0n) is 13.5. The summed E-state index contributed by atoms with van der Waals surface area (Å²) in [6.07, 6.45) is 1.65. The largest absolute Gasteiger partial charge is 0.298 e. The summed E-state index contributed by atoms with van der Waals surface area (Å²) in [5.74, 6) is -1.32. The lowest BCUT2D eigenvalue weighted by Gasteiger charge is -2.05. The predicted octanol–water partition coefficient (Wildman–Crippen LogP) is 3.08. The van der Waals surface area contributed by atoms with Crippen molar-refractivity contribution in [2.45, 2.75) is 20.8 Å². The summed E-state index contributed by atoms with van der Waals surface area (Å²) in [5, 5.41) is 7.36. The van der Waals surface area contributed by atoms with Crippen LogP contribution in [0.25, 0.3) is 5.69 Å². The minimum Gasteiger partial charge on any atom is -0.295 e. The molecule has 0 saturated carbocycles. The molecule has 0 unspecified atom stereocenters. The Labute approximate surface area is 143 Å². The molecule has 7 heteroatoms. The van der Waals surface area contributed by atoms with Crippen molar-refractivity contribution in [1.29, 1.82) is 0 Å². The number of carbonyl (C=O) groups is 2. The monoisotopic (exact) mass is 340 g/mol. The fourth-order valence-corrected chi connectivity index (χ4v) is 3.13. The standard InChI is InChI=1S/C17H16N4O2S/c1-10-9-18-17(24-10)19-16(23)15(22)14-11(2)20-21(12(14)3)13-7-5-4-6-8-13/h4-9H,1-3H3,(H,18,19,23). The Morgan fingerprint density at radius 3 is 2.46 bits per heavy atom. The van der Waals surface area contributed by atoms with Crippen molar-refractivity contribution in [2.75, 3.05) is 5.32 Å². The number of amides is 1. The Balaban J connectivity index is 1.90. The zero-order valence-corrected chi connectivity index (χ0v) is 14.3. The number of para-hydroxylation sites is 1. The van der Waals surface area contributed by atoms with Gasteiger partial charge in [-0.15, -0.1) is 11.3 Å². The molecule has 1 N–H and O–H groups in total. The number of rotatable bonds is 4. The molecule has 3 aromatic rings. The second-order valence-electron chi connectivity index (χ2n) is 5.35. The van der Waals surface area contributed by atoms with Crippen molar-refractivity contribution >= 4 is 28.2 Å². The maximum atomic E-state index is 12.6. The second kappa shape index (κ2) is 6.37. The molecule has 0 saturated heterocycles. The van der Waals surface area contributed by atoms with Crippen LogP contribution in [0.1, 0.15) is 26.6 Å². The summed E-state index contributed by atoms with van der Waals surface area (Å²) in [5.41, 5.74) is 2.32. The van der Waals surface area contributed by atoms with Gasteiger partial charge in [0.15, 0.2) is 5.13 Å². The van der Waals surface area contributed by atoms with Gasteiger partial charge in [0.1, 0.15) is 0 Å². The van der Waals surface area contributed by atoms with Gasteiger partial charge in [-0.25, -0.2) is 9.67 Å². The first-order chi connectivity index (χ1) is 11.5. The van der Waals surface area contributed by atoms with Crippen LogP contribution in [0.3, 0.4) is 0 Å². The van der Waals surface area contributed by atoms with Crippen LogP contribution in [-0.4, -0.2) is 26.5 Å². The highest BCUT2D eigenvalue weighted by Crippen LogP contribution is 2.20. The first-order valence-corrected chi connectivity index (χ1v) is 8.18. The lowest BCUT2D eigenvalue weighted by atomic mass is 10.1. The number of ketones is 1. The van der Waals surface area contributed by atoms with Crippen molar-refractivity contribution in [1.82, 2.24) is 14.8 Å². The molecule has 0 aliphatic carbocycles. The molecule has 2 heterocycles.